The lowest BCUT2D eigenvalue weighted by atomic mass is 10.2. The molecule has 1 aromatic carbocycles. The quantitative estimate of drug-likeness (QED) is 0.842. The largest absolute Gasteiger partial charge is 0.458 e. The maximum Gasteiger partial charge on any atom is 0.134 e. The van der Waals surface area contributed by atoms with E-state index in [2.05, 4.69) is 0 Å². The minimum Gasteiger partial charge on any atom is -0.458 e. The number of aliphatic hydroxyl groups excluding tert-OH is 1. The second kappa shape index (κ2) is 4.09. The van der Waals surface area contributed by atoms with Crippen molar-refractivity contribution in [1.82, 2.24) is 0 Å². The van der Waals surface area contributed by atoms with Gasteiger partial charge in [0, 0.05) is 10.6 Å². The van der Waals surface area contributed by atoms with Gasteiger partial charge in [-0.2, -0.15) is 0 Å². The number of halogens is 1. The Morgan fingerprint density at radius 1 is 1.13 bits per heavy atom. The molecule has 0 aliphatic carbocycles. The molecule has 0 bridgehead atoms. The van der Waals surface area contributed by atoms with Crippen LogP contribution in [-0.2, 0) is 0 Å². The van der Waals surface area contributed by atoms with E-state index in [1.165, 1.54) is 0 Å². The Morgan fingerprint density at radius 3 is 2.33 bits per heavy atom. The van der Waals surface area contributed by atoms with E-state index >= 15 is 0 Å². The highest BCUT2D eigenvalue weighted by atomic mass is 35.5. The number of hydrogen-bond acceptors (Lipinski definition) is 2. The van der Waals surface area contributed by atoms with Crippen molar-refractivity contribution < 1.29 is 9.52 Å². The fraction of sp³-hybridized carbons (Fsp3) is 0.167. The summed E-state index contributed by atoms with van der Waals surface area (Å²) in [6, 6.07) is 11.0. The molecule has 1 atom stereocenters. The van der Waals surface area contributed by atoms with Gasteiger partial charge in [0.05, 0.1) is 0 Å². The zero-order valence-corrected chi connectivity index (χ0v) is 9.03. The highest BCUT2D eigenvalue weighted by molar-refractivity contribution is 6.30. The van der Waals surface area contributed by atoms with Gasteiger partial charge in [0.2, 0.25) is 0 Å². The molecule has 0 aliphatic heterocycles. The summed E-state index contributed by atoms with van der Waals surface area (Å²) in [4.78, 5) is 0. The first-order valence-electron chi connectivity index (χ1n) is 4.70. The van der Waals surface area contributed by atoms with Crippen LogP contribution in [-0.4, -0.2) is 5.11 Å². The first kappa shape index (κ1) is 10.3. The SMILES string of the molecule is CC(O)c1ccc(-c2ccc(Cl)cc2)o1. The summed E-state index contributed by atoms with van der Waals surface area (Å²) in [6.45, 7) is 1.67. The van der Waals surface area contributed by atoms with Crippen LogP contribution in [0.4, 0.5) is 0 Å². The highest BCUT2D eigenvalue weighted by Crippen LogP contribution is 2.26. The summed E-state index contributed by atoms with van der Waals surface area (Å²) in [5.74, 6) is 1.31. The number of furan rings is 1. The van der Waals surface area contributed by atoms with E-state index in [-0.39, 0.29) is 0 Å². The molecule has 0 amide bonds. The third kappa shape index (κ3) is 2.22. The maximum absolute atomic E-state index is 9.31. The van der Waals surface area contributed by atoms with Crippen LogP contribution in [0, 0.1) is 0 Å². The van der Waals surface area contributed by atoms with E-state index in [1.54, 1.807) is 13.0 Å². The molecule has 0 radical (unpaired) electrons. The summed E-state index contributed by atoms with van der Waals surface area (Å²) in [6.07, 6.45) is -0.578. The van der Waals surface area contributed by atoms with Gasteiger partial charge in [-0.3, -0.25) is 0 Å². The van der Waals surface area contributed by atoms with Crippen molar-refractivity contribution in [2.75, 3.05) is 0 Å². The summed E-state index contributed by atoms with van der Waals surface area (Å²) >= 11 is 5.78. The monoisotopic (exact) mass is 222 g/mol. The average molecular weight is 223 g/mol. The van der Waals surface area contributed by atoms with E-state index in [9.17, 15) is 5.11 Å². The van der Waals surface area contributed by atoms with Crippen molar-refractivity contribution >= 4 is 11.6 Å². The molecule has 1 unspecified atom stereocenters. The molecule has 0 aliphatic rings. The van der Waals surface area contributed by atoms with E-state index in [4.69, 9.17) is 16.0 Å². The summed E-state index contributed by atoms with van der Waals surface area (Å²) in [7, 11) is 0. The van der Waals surface area contributed by atoms with Crippen molar-refractivity contribution in [2.45, 2.75) is 13.0 Å². The average Bonchev–Trinajstić information content (AvgIpc) is 2.68. The zero-order valence-electron chi connectivity index (χ0n) is 8.27. The minimum atomic E-state index is -0.578. The molecule has 0 fully saturated rings. The minimum absolute atomic E-state index is 0.569. The van der Waals surface area contributed by atoms with E-state index < -0.39 is 6.10 Å². The van der Waals surface area contributed by atoms with Crippen LogP contribution in [0.5, 0.6) is 0 Å². The lowest BCUT2D eigenvalue weighted by Crippen LogP contribution is -1.85. The second-order valence-electron chi connectivity index (χ2n) is 3.38. The molecule has 1 heterocycles. The Balaban J connectivity index is 2.33. The van der Waals surface area contributed by atoms with Gasteiger partial charge in [0.25, 0.3) is 0 Å². The Hall–Kier alpha value is -1.25. The molecule has 0 spiro atoms. The fourth-order valence-electron chi connectivity index (χ4n) is 1.35. The lowest BCUT2D eigenvalue weighted by Gasteiger charge is -1.99. The van der Waals surface area contributed by atoms with Crippen LogP contribution in [0.3, 0.4) is 0 Å². The molecule has 0 saturated carbocycles. The smallest absolute Gasteiger partial charge is 0.134 e. The van der Waals surface area contributed by atoms with Gasteiger partial charge in [0.15, 0.2) is 0 Å². The number of benzene rings is 1. The van der Waals surface area contributed by atoms with Crippen LogP contribution in [0.1, 0.15) is 18.8 Å². The third-order valence-corrected chi connectivity index (χ3v) is 2.42. The number of rotatable bonds is 2. The van der Waals surface area contributed by atoms with Gasteiger partial charge in [-0.1, -0.05) is 11.6 Å². The molecule has 2 nitrogen and oxygen atoms in total. The van der Waals surface area contributed by atoms with Crippen LogP contribution in [0.15, 0.2) is 40.8 Å². The molecule has 2 aromatic rings. The molecular weight excluding hydrogens is 212 g/mol. The van der Waals surface area contributed by atoms with E-state index in [0.717, 1.165) is 11.3 Å². The van der Waals surface area contributed by atoms with Crippen LogP contribution in [0.2, 0.25) is 5.02 Å². The normalized spacial score (nSPS) is 12.7. The molecule has 78 valence electrons. The zero-order chi connectivity index (χ0) is 10.8. The van der Waals surface area contributed by atoms with Gasteiger partial charge < -0.3 is 9.52 Å². The molecule has 0 saturated heterocycles. The van der Waals surface area contributed by atoms with E-state index in [1.807, 2.05) is 30.3 Å². The summed E-state index contributed by atoms with van der Waals surface area (Å²) < 4.78 is 5.48. The maximum atomic E-state index is 9.31. The van der Waals surface area contributed by atoms with Crippen molar-refractivity contribution in [3.63, 3.8) is 0 Å². The Kier molecular flexibility index (Phi) is 2.80. The Morgan fingerprint density at radius 2 is 1.80 bits per heavy atom. The van der Waals surface area contributed by atoms with Crippen molar-refractivity contribution in [3.05, 3.63) is 47.2 Å². The number of hydrogen-bond donors (Lipinski definition) is 1. The first-order chi connectivity index (χ1) is 7.16. The standard InChI is InChI=1S/C12H11ClO2/c1-8(14)11-6-7-12(15-11)9-2-4-10(13)5-3-9/h2-8,14H,1H3. The van der Waals surface area contributed by atoms with Gasteiger partial charge in [-0.05, 0) is 43.3 Å². The van der Waals surface area contributed by atoms with Crippen LogP contribution in [0.25, 0.3) is 11.3 Å². The summed E-state index contributed by atoms with van der Waals surface area (Å²) in [5.41, 5.74) is 0.950. The lowest BCUT2D eigenvalue weighted by molar-refractivity contribution is 0.170. The molecule has 1 aromatic heterocycles. The predicted octanol–water partition coefficient (Wildman–Crippen LogP) is 3.65. The molecule has 3 heteroatoms. The van der Waals surface area contributed by atoms with Crippen LogP contribution < -0.4 is 0 Å². The topological polar surface area (TPSA) is 33.4 Å². The highest BCUT2D eigenvalue weighted by Gasteiger charge is 2.08. The van der Waals surface area contributed by atoms with E-state index in [0.29, 0.717) is 10.8 Å². The van der Waals surface area contributed by atoms with Gasteiger partial charge >= 0.3 is 0 Å². The predicted molar refractivity (Wildman–Crippen MR) is 59.8 cm³/mol. The molecule has 15 heavy (non-hydrogen) atoms. The van der Waals surface area contributed by atoms with Gasteiger partial charge in [0.1, 0.15) is 17.6 Å². The van der Waals surface area contributed by atoms with Crippen molar-refractivity contribution in [1.29, 1.82) is 0 Å². The molecular formula is C12H11ClO2. The molecule has 2 rings (SSSR count). The first-order valence-corrected chi connectivity index (χ1v) is 5.08. The Bertz CT molecular complexity index is 443. The van der Waals surface area contributed by atoms with Gasteiger partial charge in [-0.25, -0.2) is 0 Å². The number of aliphatic hydroxyl groups is 1. The van der Waals surface area contributed by atoms with Crippen LogP contribution >= 0.6 is 11.6 Å². The van der Waals surface area contributed by atoms with Gasteiger partial charge in [-0.15, -0.1) is 0 Å². The summed E-state index contributed by atoms with van der Waals surface area (Å²) in [5, 5.41) is 10.0. The fourth-order valence-corrected chi connectivity index (χ4v) is 1.47. The Labute approximate surface area is 93.1 Å². The third-order valence-electron chi connectivity index (χ3n) is 2.17. The van der Waals surface area contributed by atoms with Crippen molar-refractivity contribution in [3.8, 4) is 11.3 Å². The van der Waals surface area contributed by atoms with Crippen molar-refractivity contribution in [2.24, 2.45) is 0 Å². The molecule has 1 N–H and O–H groups in total. The second-order valence-corrected chi connectivity index (χ2v) is 3.82.